The molecule has 0 aliphatic carbocycles. The van der Waals surface area contributed by atoms with E-state index in [1.807, 2.05) is 11.6 Å². The Morgan fingerprint density at radius 3 is 2.61 bits per heavy atom. The predicted molar refractivity (Wildman–Crippen MR) is 81.0 cm³/mol. The summed E-state index contributed by atoms with van der Waals surface area (Å²) in [6.07, 6.45) is 2.89. The van der Waals surface area contributed by atoms with E-state index in [1.54, 1.807) is 11.3 Å². The van der Waals surface area contributed by atoms with Gasteiger partial charge in [-0.15, -0.1) is 11.3 Å². The summed E-state index contributed by atoms with van der Waals surface area (Å²) < 4.78 is 1.13. The first-order valence-electron chi connectivity index (χ1n) is 6.05. The number of hydrogen-bond acceptors (Lipinski definition) is 3. The van der Waals surface area contributed by atoms with Crippen molar-refractivity contribution >= 4 is 27.3 Å². The zero-order valence-electron chi connectivity index (χ0n) is 10.6. The van der Waals surface area contributed by atoms with Crippen LogP contribution in [0.1, 0.15) is 30.5 Å². The van der Waals surface area contributed by atoms with Crippen molar-refractivity contribution in [1.29, 1.82) is 0 Å². The van der Waals surface area contributed by atoms with Gasteiger partial charge in [0.1, 0.15) is 5.01 Å². The fraction of sp³-hybridized carbons (Fsp3) is 0.357. The van der Waals surface area contributed by atoms with Crippen LogP contribution in [0.3, 0.4) is 0 Å². The molecule has 2 atom stereocenters. The van der Waals surface area contributed by atoms with Gasteiger partial charge in [-0.1, -0.05) is 28.1 Å². The molecule has 1 aromatic heterocycles. The van der Waals surface area contributed by atoms with Crippen molar-refractivity contribution < 1.29 is 0 Å². The second-order valence-corrected chi connectivity index (χ2v) is 6.33. The average Bonchev–Trinajstić information content (AvgIpc) is 2.85. The zero-order chi connectivity index (χ0) is 13.0. The van der Waals surface area contributed by atoms with Crippen LogP contribution in [0.4, 0.5) is 0 Å². The lowest BCUT2D eigenvalue weighted by molar-refractivity contribution is 0.476. The van der Waals surface area contributed by atoms with Gasteiger partial charge < -0.3 is 5.32 Å². The van der Waals surface area contributed by atoms with Crippen LogP contribution in [0.25, 0.3) is 0 Å². The van der Waals surface area contributed by atoms with Crippen molar-refractivity contribution in [3.05, 3.63) is 50.9 Å². The molecule has 0 bridgehead atoms. The molecule has 0 aliphatic rings. The number of halogens is 1. The van der Waals surface area contributed by atoms with E-state index in [4.69, 9.17) is 0 Å². The van der Waals surface area contributed by atoms with Gasteiger partial charge in [-0.25, -0.2) is 4.98 Å². The van der Waals surface area contributed by atoms with E-state index < -0.39 is 0 Å². The van der Waals surface area contributed by atoms with Crippen LogP contribution in [-0.2, 0) is 6.42 Å². The summed E-state index contributed by atoms with van der Waals surface area (Å²) in [5.74, 6) is 0. The first-order chi connectivity index (χ1) is 8.65. The molecule has 2 nitrogen and oxygen atoms in total. The van der Waals surface area contributed by atoms with Gasteiger partial charge in [0.25, 0.3) is 0 Å². The van der Waals surface area contributed by atoms with Crippen molar-refractivity contribution in [3.8, 4) is 0 Å². The molecular formula is C14H17BrN2S. The molecule has 96 valence electrons. The lowest BCUT2D eigenvalue weighted by atomic mass is 10.1. The minimum Gasteiger partial charge on any atom is -0.305 e. The van der Waals surface area contributed by atoms with E-state index in [-0.39, 0.29) is 0 Å². The topological polar surface area (TPSA) is 24.9 Å². The van der Waals surface area contributed by atoms with E-state index in [0.717, 1.165) is 15.9 Å². The van der Waals surface area contributed by atoms with E-state index >= 15 is 0 Å². The van der Waals surface area contributed by atoms with E-state index in [2.05, 4.69) is 64.3 Å². The van der Waals surface area contributed by atoms with Crippen LogP contribution in [0, 0.1) is 0 Å². The maximum Gasteiger partial charge on any atom is 0.109 e. The minimum atomic E-state index is 0.315. The zero-order valence-corrected chi connectivity index (χ0v) is 13.0. The summed E-state index contributed by atoms with van der Waals surface area (Å²) in [5.41, 5.74) is 1.35. The minimum absolute atomic E-state index is 0.315. The summed E-state index contributed by atoms with van der Waals surface area (Å²) in [6.45, 7) is 4.38. The molecule has 1 aromatic carbocycles. The third-order valence-electron chi connectivity index (χ3n) is 2.81. The van der Waals surface area contributed by atoms with E-state index in [9.17, 15) is 0 Å². The molecule has 0 spiro atoms. The highest BCUT2D eigenvalue weighted by Gasteiger charge is 2.11. The molecule has 2 rings (SSSR count). The highest BCUT2D eigenvalue weighted by Crippen LogP contribution is 2.17. The van der Waals surface area contributed by atoms with Gasteiger partial charge in [-0.05, 0) is 38.0 Å². The fourth-order valence-corrected chi connectivity index (χ4v) is 2.90. The van der Waals surface area contributed by atoms with Crippen molar-refractivity contribution in [2.75, 3.05) is 0 Å². The third kappa shape index (κ3) is 3.90. The van der Waals surface area contributed by atoms with Gasteiger partial charge in [0, 0.05) is 22.1 Å². The van der Waals surface area contributed by atoms with Crippen LogP contribution in [-0.4, -0.2) is 11.0 Å². The van der Waals surface area contributed by atoms with Gasteiger partial charge in [0.15, 0.2) is 0 Å². The largest absolute Gasteiger partial charge is 0.305 e. The fourth-order valence-electron chi connectivity index (χ4n) is 1.98. The molecule has 0 radical (unpaired) electrons. The molecule has 0 unspecified atom stereocenters. The second-order valence-electron chi connectivity index (χ2n) is 4.49. The number of nitrogens with zero attached hydrogens (tertiary/aromatic N) is 1. The standard InChI is InChI=1S/C14H17BrN2S/c1-10(9-12-3-5-13(15)6-4-12)17-11(2)14-16-7-8-18-14/h3-8,10-11,17H,9H2,1-2H3/t10-,11-/m1/s1. The Kier molecular flexibility index (Phi) is 4.92. The smallest absolute Gasteiger partial charge is 0.109 e. The molecule has 0 aliphatic heterocycles. The van der Waals surface area contributed by atoms with Crippen molar-refractivity contribution in [2.45, 2.75) is 32.4 Å². The first kappa shape index (κ1) is 13.7. The van der Waals surface area contributed by atoms with E-state index in [1.165, 1.54) is 5.56 Å². The molecular weight excluding hydrogens is 308 g/mol. The monoisotopic (exact) mass is 324 g/mol. The van der Waals surface area contributed by atoms with Crippen LogP contribution in [0.2, 0.25) is 0 Å². The van der Waals surface area contributed by atoms with Gasteiger partial charge in [-0.2, -0.15) is 0 Å². The third-order valence-corrected chi connectivity index (χ3v) is 4.30. The number of hydrogen-bond donors (Lipinski definition) is 1. The Balaban J connectivity index is 1.88. The normalized spacial score (nSPS) is 14.4. The molecule has 18 heavy (non-hydrogen) atoms. The highest BCUT2D eigenvalue weighted by atomic mass is 79.9. The number of benzene rings is 1. The molecule has 0 saturated heterocycles. The molecule has 2 aromatic rings. The second kappa shape index (κ2) is 6.45. The maximum atomic E-state index is 4.34. The van der Waals surface area contributed by atoms with Gasteiger partial charge in [0.2, 0.25) is 0 Å². The number of rotatable bonds is 5. The summed E-state index contributed by atoms with van der Waals surface area (Å²) in [7, 11) is 0. The number of aromatic nitrogens is 1. The Bertz CT molecular complexity index is 467. The Morgan fingerprint density at radius 1 is 1.28 bits per heavy atom. The van der Waals surface area contributed by atoms with Crippen LogP contribution in [0.5, 0.6) is 0 Å². The Labute approximate surface area is 121 Å². The average molecular weight is 325 g/mol. The van der Waals surface area contributed by atoms with Crippen molar-refractivity contribution in [2.24, 2.45) is 0 Å². The van der Waals surface area contributed by atoms with Gasteiger partial charge >= 0.3 is 0 Å². The van der Waals surface area contributed by atoms with Crippen LogP contribution in [0.15, 0.2) is 40.3 Å². The summed E-state index contributed by atoms with van der Waals surface area (Å²) in [5, 5.41) is 6.75. The Morgan fingerprint density at radius 2 is 2.00 bits per heavy atom. The predicted octanol–water partition coefficient (Wildman–Crippen LogP) is 4.19. The first-order valence-corrected chi connectivity index (χ1v) is 7.72. The number of nitrogens with one attached hydrogen (secondary N) is 1. The van der Waals surface area contributed by atoms with Crippen LogP contribution < -0.4 is 5.32 Å². The van der Waals surface area contributed by atoms with Gasteiger partial charge in [-0.3, -0.25) is 0 Å². The van der Waals surface area contributed by atoms with E-state index in [0.29, 0.717) is 12.1 Å². The quantitative estimate of drug-likeness (QED) is 0.892. The lowest BCUT2D eigenvalue weighted by Gasteiger charge is -2.18. The summed E-state index contributed by atoms with van der Waals surface area (Å²) in [6, 6.07) is 9.26. The molecule has 1 heterocycles. The highest BCUT2D eigenvalue weighted by molar-refractivity contribution is 9.10. The molecule has 0 fully saturated rings. The molecule has 0 amide bonds. The summed E-state index contributed by atoms with van der Waals surface area (Å²) >= 11 is 5.16. The molecule has 1 N–H and O–H groups in total. The van der Waals surface area contributed by atoms with Crippen molar-refractivity contribution in [3.63, 3.8) is 0 Å². The van der Waals surface area contributed by atoms with Gasteiger partial charge in [0.05, 0.1) is 6.04 Å². The van der Waals surface area contributed by atoms with Crippen LogP contribution >= 0.6 is 27.3 Å². The lowest BCUT2D eigenvalue weighted by Crippen LogP contribution is -2.30. The molecule has 4 heteroatoms. The Hall–Kier alpha value is -0.710. The molecule has 0 saturated carbocycles. The maximum absolute atomic E-state index is 4.34. The number of thiazole rings is 1. The van der Waals surface area contributed by atoms with Crippen molar-refractivity contribution in [1.82, 2.24) is 10.3 Å². The summed E-state index contributed by atoms with van der Waals surface area (Å²) in [4.78, 5) is 4.34. The SMILES string of the molecule is C[C@H](Cc1ccc(Br)cc1)N[C@H](C)c1nccs1.